The molecule has 0 unspecified atom stereocenters. The van der Waals surface area contributed by atoms with Crippen molar-refractivity contribution >= 4 is 5.91 Å². The molecule has 10 heteroatoms. The maximum absolute atomic E-state index is 12.6. The van der Waals surface area contributed by atoms with Crippen LogP contribution in [0.2, 0.25) is 0 Å². The van der Waals surface area contributed by atoms with Gasteiger partial charge >= 0.3 is 6.18 Å². The van der Waals surface area contributed by atoms with Crippen molar-refractivity contribution in [3.8, 4) is 0 Å². The van der Waals surface area contributed by atoms with E-state index in [4.69, 9.17) is 0 Å². The van der Waals surface area contributed by atoms with Gasteiger partial charge in [-0.3, -0.25) is 9.48 Å². The third kappa shape index (κ3) is 3.52. The minimum absolute atomic E-state index is 0.0495. The number of rotatable bonds is 3. The zero-order chi connectivity index (χ0) is 17.2. The molecule has 0 bridgehead atoms. The highest BCUT2D eigenvalue weighted by atomic mass is 19.4. The van der Waals surface area contributed by atoms with Crippen molar-refractivity contribution in [2.24, 2.45) is 0 Å². The molecule has 2 aromatic rings. The lowest BCUT2D eigenvalue weighted by atomic mass is 10.0. The average Bonchev–Trinajstić information content (AvgIpc) is 3.07. The van der Waals surface area contributed by atoms with Crippen LogP contribution in [0.15, 0.2) is 24.8 Å². The third-order valence-electron chi connectivity index (χ3n) is 3.91. The first-order valence-electron chi connectivity index (χ1n) is 7.49. The molecule has 1 amide bonds. The first kappa shape index (κ1) is 16.3. The molecule has 1 aliphatic rings. The molecular formula is C14H15F3N6O. The average molecular weight is 340 g/mol. The fourth-order valence-corrected chi connectivity index (χ4v) is 2.75. The maximum atomic E-state index is 12.6. The smallest absolute Gasteiger partial charge is 0.334 e. The highest BCUT2D eigenvalue weighted by Gasteiger charge is 2.35. The Morgan fingerprint density at radius 3 is 2.62 bits per heavy atom. The monoisotopic (exact) mass is 340 g/mol. The zero-order valence-electron chi connectivity index (χ0n) is 12.6. The minimum atomic E-state index is -4.62. The van der Waals surface area contributed by atoms with Gasteiger partial charge in [-0.1, -0.05) is 5.21 Å². The molecule has 1 fully saturated rings. The van der Waals surface area contributed by atoms with Crippen molar-refractivity contribution in [1.82, 2.24) is 29.9 Å². The highest BCUT2D eigenvalue weighted by molar-refractivity contribution is 5.93. The number of alkyl halides is 3. The van der Waals surface area contributed by atoms with Crippen molar-refractivity contribution in [3.05, 3.63) is 36.2 Å². The number of carbonyl (C=O) groups is 1. The number of hydrogen-bond acceptors (Lipinski definition) is 5. The van der Waals surface area contributed by atoms with Crippen LogP contribution in [0.25, 0.3) is 0 Å². The van der Waals surface area contributed by atoms with E-state index in [9.17, 15) is 18.0 Å². The van der Waals surface area contributed by atoms with E-state index < -0.39 is 12.0 Å². The number of likely N-dealkylation sites (tertiary alicyclic amines) is 1. The van der Waals surface area contributed by atoms with Gasteiger partial charge < -0.3 is 4.90 Å². The summed E-state index contributed by atoms with van der Waals surface area (Å²) in [4.78, 5) is 20.8. The van der Waals surface area contributed by atoms with Gasteiger partial charge in [-0.25, -0.2) is 9.97 Å². The van der Waals surface area contributed by atoms with Gasteiger partial charge in [-0.2, -0.15) is 13.2 Å². The van der Waals surface area contributed by atoms with E-state index in [2.05, 4.69) is 20.3 Å². The fourth-order valence-electron chi connectivity index (χ4n) is 2.75. The zero-order valence-corrected chi connectivity index (χ0v) is 12.6. The third-order valence-corrected chi connectivity index (χ3v) is 3.91. The van der Waals surface area contributed by atoms with Gasteiger partial charge in [0, 0.05) is 25.1 Å². The molecule has 1 aliphatic heterocycles. The molecule has 1 saturated heterocycles. The molecule has 3 heterocycles. The molecule has 0 saturated carbocycles. The number of nitrogens with zero attached hydrogens (tertiary/aromatic N) is 6. The lowest BCUT2D eigenvalue weighted by molar-refractivity contribution is -0.145. The van der Waals surface area contributed by atoms with Gasteiger partial charge in [0.05, 0.1) is 24.3 Å². The number of amides is 1. The van der Waals surface area contributed by atoms with Crippen LogP contribution in [-0.2, 0) is 12.7 Å². The van der Waals surface area contributed by atoms with Crippen LogP contribution in [0.4, 0.5) is 13.2 Å². The van der Waals surface area contributed by atoms with Crippen LogP contribution < -0.4 is 0 Å². The second kappa shape index (κ2) is 6.54. The number of carbonyl (C=O) groups excluding carboxylic acids is 1. The number of aromatic nitrogens is 5. The van der Waals surface area contributed by atoms with E-state index in [0.717, 1.165) is 31.7 Å². The summed E-state index contributed by atoms with van der Waals surface area (Å²) in [6.07, 6.45) is 3.12. The number of piperidine rings is 1. The molecule has 7 nitrogen and oxygen atoms in total. The largest absolute Gasteiger partial charge is 0.451 e. The van der Waals surface area contributed by atoms with E-state index in [1.807, 2.05) is 0 Å². The molecule has 0 spiro atoms. The van der Waals surface area contributed by atoms with Crippen molar-refractivity contribution in [2.75, 3.05) is 6.54 Å². The summed E-state index contributed by atoms with van der Waals surface area (Å²) < 4.78 is 39.2. The van der Waals surface area contributed by atoms with Gasteiger partial charge in [0.2, 0.25) is 5.82 Å². The lowest BCUT2D eigenvalue weighted by Gasteiger charge is -2.35. The Bertz CT molecular complexity index is 686. The Kier molecular flexibility index (Phi) is 4.45. The quantitative estimate of drug-likeness (QED) is 0.851. The Balaban J connectivity index is 1.76. The molecule has 0 radical (unpaired) electrons. The topological polar surface area (TPSA) is 76.8 Å². The molecule has 0 N–H and O–H groups in total. The highest BCUT2D eigenvalue weighted by Crippen LogP contribution is 2.26. The summed E-state index contributed by atoms with van der Waals surface area (Å²) in [6.45, 7) is 1.03. The maximum Gasteiger partial charge on any atom is 0.451 e. The predicted octanol–water partition coefficient (Wildman–Crippen LogP) is 1.78. The summed E-state index contributed by atoms with van der Waals surface area (Å²) >= 11 is 0. The minimum Gasteiger partial charge on any atom is -0.334 e. The summed E-state index contributed by atoms with van der Waals surface area (Å²) in [5, 5.41) is 7.63. The number of hydrogen-bond donors (Lipinski definition) is 0. The normalized spacial score (nSPS) is 18.6. The standard InChI is InChI=1S/C14H15F3N6O/c15-14(16,17)13-18-7-10(8-19-13)12(24)23-5-2-1-3-11(23)9-22-6-4-20-21-22/h4,6-8,11H,1-3,5,9H2/t11-/m0/s1. The Morgan fingerprint density at radius 2 is 2.00 bits per heavy atom. The first-order chi connectivity index (χ1) is 11.4. The van der Waals surface area contributed by atoms with E-state index >= 15 is 0 Å². The van der Waals surface area contributed by atoms with Crippen molar-refractivity contribution < 1.29 is 18.0 Å². The van der Waals surface area contributed by atoms with Crippen molar-refractivity contribution in [1.29, 1.82) is 0 Å². The van der Waals surface area contributed by atoms with E-state index in [1.165, 1.54) is 0 Å². The summed E-state index contributed by atoms with van der Waals surface area (Å²) in [6, 6.07) is -0.0877. The summed E-state index contributed by atoms with van der Waals surface area (Å²) in [5.74, 6) is -1.62. The first-order valence-corrected chi connectivity index (χ1v) is 7.49. The van der Waals surface area contributed by atoms with E-state index in [1.54, 1.807) is 22.0 Å². The van der Waals surface area contributed by atoms with Gasteiger partial charge in [0.1, 0.15) is 0 Å². The molecule has 2 aromatic heterocycles. The summed E-state index contributed by atoms with van der Waals surface area (Å²) in [5.41, 5.74) is 0.0495. The molecule has 0 aromatic carbocycles. The van der Waals surface area contributed by atoms with Crippen LogP contribution in [0.3, 0.4) is 0 Å². The second-order valence-electron chi connectivity index (χ2n) is 5.57. The summed E-state index contributed by atoms with van der Waals surface area (Å²) in [7, 11) is 0. The predicted molar refractivity (Wildman–Crippen MR) is 75.7 cm³/mol. The van der Waals surface area contributed by atoms with Crippen LogP contribution in [0.1, 0.15) is 35.4 Å². The Morgan fingerprint density at radius 1 is 1.25 bits per heavy atom. The van der Waals surface area contributed by atoms with Gasteiger partial charge in [0.25, 0.3) is 5.91 Å². The molecule has 3 rings (SSSR count). The van der Waals surface area contributed by atoms with Crippen molar-refractivity contribution in [3.63, 3.8) is 0 Å². The number of halogens is 3. The molecule has 128 valence electrons. The molecule has 1 atom stereocenters. The lowest BCUT2D eigenvalue weighted by Crippen LogP contribution is -2.46. The SMILES string of the molecule is O=C(c1cnc(C(F)(F)F)nc1)N1CCCC[C@H]1Cn1ccnn1. The molecular weight excluding hydrogens is 325 g/mol. The van der Waals surface area contributed by atoms with E-state index in [-0.39, 0.29) is 17.5 Å². The van der Waals surface area contributed by atoms with Crippen LogP contribution in [0.5, 0.6) is 0 Å². The van der Waals surface area contributed by atoms with Crippen LogP contribution in [-0.4, -0.2) is 48.4 Å². The Labute approximate surface area is 135 Å². The van der Waals surface area contributed by atoms with Gasteiger partial charge in [-0.05, 0) is 19.3 Å². The molecule has 0 aliphatic carbocycles. The van der Waals surface area contributed by atoms with Crippen molar-refractivity contribution in [2.45, 2.75) is 38.0 Å². The Hall–Kier alpha value is -2.52. The van der Waals surface area contributed by atoms with E-state index in [0.29, 0.717) is 13.1 Å². The van der Waals surface area contributed by atoms with Gasteiger partial charge in [-0.15, -0.1) is 5.10 Å². The second-order valence-corrected chi connectivity index (χ2v) is 5.57. The molecule has 24 heavy (non-hydrogen) atoms. The van der Waals surface area contributed by atoms with Crippen LogP contribution in [0, 0.1) is 0 Å². The van der Waals surface area contributed by atoms with Crippen LogP contribution >= 0.6 is 0 Å². The van der Waals surface area contributed by atoms with Gasteiger partial charge in [0.15, 0.2) is 0 Å². The fraction of sp³-hybridized carbons (Fsp3) is 0.500.